The van der Waals surface area contributed by atoms with Crippen molar-refractivity contribution >= 4 is 35.5 Å². The fourth-order valence-electron chi connectivity index (χ4n) is 2.65. The van der Waals surface area contributed by atoms with Crippen molar-refractivity contribution in [3.05, 3.63) is 48.0 Å². The van der Waals surface area contributed by atoms with Crippen LogP contribution in [0, 0.1) is 0 Å². The second kappa shape index (κ2) is 7.22. The molecule has 26 heavy (non-hydrogen) atoms. The number of aromatic nitrogens is 1. The molecule has 2 aromatic rings. The van der Waals surface area contributed by atoms with E-state index in [1.165, 1.54) is 30.6 Å². The van der Waals surface area contributed by atoms with Crippen molar-refractivity contribution < 1.29 is 18.8 Å². The van der Waals surface area contributed by atoms with Crippen LogP contribution in [0.25, 0.3) is 6.08 Å². The topological polar surface area (TPSA) is 95.8 Å². The number of nitrogens with one attached hydrogen (secondary N) is 1. The first kappa shape index (κ1) is 17.4. The molecule has 8 heteroatoms. The zero-order chi connectivity index (χ0) is 18.7. The van der Waals surface area contributed by atoms with Crippen molar-refractivity contribution in [3.8, 4) is 0 Å². The van der Waals surface area contributed by atoms with Crippen LogP contribution >= 0.6 is 0 Å². The molecule has 0 bridgehead atoms. The quantitative estimate of drug-likeness (QED) is 0.653. The van der Waals surface area contributed by atoms with E-state index in [0.29, 0.717) is 17.3 Å². The third kappa shape index (κ3) is 3.21. The first-order valence-corrected chi connectivity index (χ1v) is 8.21. The van der Waals surface area contributed by atoms with Crippen molar-refractivity contribution in [1.29, 1.82) is 0 Å². The standard InChI is InChI=1S/C18H18N4O4/c1-3-21(4-2)15-6-5-13(26-15)11-14-16(23)20-18(25)22(17(14)24)12-7-9-19-10-8-12/h5-11H,3-4H2,1-2H3,(H,20,23,25)/b14-11+. The largest absolute Gasteiger partial charge is 0.441 e. The molecule has 8 nitrogen and oxygen atoms in total. The van der Waals surface area contributed by atoms with Gasteiger partial charge in [0.25, 0.3) is 11.8 Å². The van der Waals surface area contributed by atoms with E-state index in [1.807, 2.05) is 18.7 Å². The minimum absolute atomic E-state index is 0.179. The van der Waals surface area contributed by atoms with E-state index in [1.54, 1.807) is 12.1 Å². The molecule has 0 radical (unpaired) electrons. The summed E-state index contributed by atoms with van der Waals surface area (Å²) in [6.07, 6.45) is 4.25. The van der Waals surface area contributed by atoms with Gasteiger partial charge >= 0.3 is 6.03 Å². The summed E-state index contributed by atoms with van der Waals surface area (Å²) < 4.78 is 5.70. The van der Waals surface area contributed by atoms with Crippen molar-refractivity contribution in [3.63, 3.8) is 0 Å². The van der Waals surface area contributed by atoms with Crippen LogP contribution in [-0.4, -0.2) is 35.9 Å². The molecule has 134 valence electrons. The number of furan rings is 1. The zero-order valence-corrected chi connectivity index (χ0v) is 14.4. The van der Waals surface area contributed by atoms with Gasteiger partial charge in [0.05, 0.1) is 5.69 Å². The van der Waals surface area contributed by atoms with E-state index in [2.05, 4.69) is 10.3 Å². The summed E-state index contributed by atoms with van der Waals surface area (Å²) in [4.78, 5) is 43.7. The minimum atomic E-state index is -0.799. The number of amides is 4. The van der Waals surface area contributed by atoms with E-state index in [4.69, 9.17) is 4.42 Å². The van der Waals surface area contributed by atoms with Gasteiger partial charge in [-0.25, -0.2) is 9.69 Å². The van der Waals surface area contributed by atoms with Gasteiger partial charge in [0.15, 0.2) is 5.88 Å². The Kier molecular flexibility index (Phi) is 4.83. The molecule has 0 aromatic carbocycles. The SMILES string of the molecule is CCN(CC)c1ccc(/C=C2\C(=O)NC(=O)N(c3ccncc3)C2=O)o1. The average Bonchev–Trinajstić information content (AvgIpc) is 3.09. The van der Waals surface area contributed by atoms with Crippen LogP contribution in [0.1, 0.15) is 19.6 Å². The Morgan fingerprint density at radius 3 is 2.46 bits per heavy atom. The molecule has 1 aliphatic rings. The molecule has 2 aromatic heterocycles. The predicted molar refractivity (Wildman–Crippen MR) is 95.5 cm³/mol. The molecule has 1 saturated heterocycles. The van der Waals surface area contributed by atoms with Crippen molar-refractivity contribution in [1.82, 2.24) is 10.3 Å². The summed E-state index contributed by atoms with van der Waals surface area (Å²) in [5.41, 5.74) is 0.144. The molecule has 0 unspecified atom stereocenters. The summed E-state index contributed by atoms with van der Waals surface area (Å²) in [6.45, 7) is 5.54. The third-order valence-electron chi connectivity index (χ3n) is 4.00. The highest BCUT2D eigenvalue weighted by atomic mass is 16.4. The average molecular weight is 354 g/mol. The highest BCUT2D eigenvalue weighted by Gasteiger charge is 2.37. The van der Waals surface area contributed by atoms with Crippen molar-refractivity contribution in [2.45, 2.75) is 13.8 Å². The molecule has 1 aliphatic heterocycles. The Bertz CT molecular complexity index is 868. The van der Waals surface area contributed by atoms with Gasteiger partial charge in [0.2, 0.25) is 0 Å². The van der Waals surface area contributed by atoms with Gasteiger partial charge < -0.3 is 9.32 Å². The van der Waals surface area contributed by atoms with Crippen molar-refractivity contribution in [2.24, 2.45) is 0 Å². The van der Waals surface area contributed by atoms with E-state index in [0.717, 1.165) is 18.0 Å². The van der Waals surface area contributed by atoms with Crippen molar-refractivity contribution in [2.75, 3.05) is 22.9 Å². The lowest BCUT2D eigenvalue weighted by Crippen LogP contribution is -2.54. The second-order valence-electron chi connectivity index (χ2n) is 5.51. The molecule has 3 heterocycles. The van der Waals surface area contributed by atoms with E-state index in [9.17, 15) is 14.4 Å². The van der Waals surface area contributed by atoms with E-state index in [-0.39, 0.29) is 5.57 Å². The summed E-state index contributed by atoms with van der Waals surface area (Å²) in [5.74, 6) is -0.473. The molecule has 0 aliphatic carbocycles. The summed E-state index contributed by atoms with van der Waals surface area (Å²) in [5, 5.41) is 2.17. The minimum Gasteiger partial charge on any atom is -0.441 e. The lowest BCUT2D eigenvalue weighted by atomic mass is 10.1. The lowest BCUT2D eigenvalue weighted by molar-refractivity contribution is -0.122. The number of anilines is 2. The summed E-state index contributed by atoms with van der Waals surface area (Å²) >= 11 is 0. The number of carbonyl (C=O) groups is 3. The number of hydrogen-bond donors (Lipinski definition) is 1. The van der Waals surface area contributed by atoms with Gasteiger partial charge in [0.1, 0.15) is 11.3 Å². The Morgan fingerprint density at radius 1 is 1.12 bits per heavy atom. The number of pyridine rings is 1. The second-order valence-corrected chi connectivity index (χ2v) is 5.51. The van der Waals surface area contributed by atoms with Gasteiger partial charge in [-0.1, -0.05) is 0 Å². The summed E-state index contributed by atoms with van der Waals surface area (Å²) in [7, 11) is 0. The van der Waals surface area contributed by atoms with Crippen LogP contribution in [0.4, 0.5) is 16.4 Å². The number of hydrogen-bond acceptors (Lipinski definition) is 6. The zero-order valence-electron chi connectivity index (χ0n) is 14.4. The van der Waals surface area contributed by atoms with Gasteiger partial charge in [0, 0.05) is 31.5 Å². The monoisotopic (exact) mass is 354 g/mol. The van der Waals surface area contributed by atoms with Crippen LogP contribution < -0.4 is 15.1 Å². The maximum Gasteiger partial charge on any atom is 0.335 e. The Hall–Kier alpha value is -3.42. The van der Waals surface area contributed by atoms with Gasteiger partial charge in [-0.2, -0.15) is 0 Å². The first-order valence-electron chi connectivity index (χ1n) is 8.21. The van der Waals surface area contributed by atoms with Crippen LogP contribution in [-0.2, 0) is 9.59 Å². The fraction of sp³-hybridized carbons (Fsp3) is 0.222. The molecule has 3 rings (SSSR count). The Labute approximate surface area is 150 Å². The molecule has 1 N–H and O–H groups in total. The molecule has 0 saturated carbocycles. The molecule has 1 fully saturated rings. The maximum atomic E-state index is 12.7. The molecule has 4 amide bonds. The molecular formula is C18H18N4O4. The normalized spacial score (nSPS) is 16.2. The van der Waals surface area contributed by atoms with E-state index >= 15 is 0 Å². The number of imide groups is 2. The Morgan fingerprint density at radius 2 is 1.81 bits per heavy atom. The smallest absolute Gasteiger partial charge is 0.335 e. The van der Waals surface area contributed by atoms with Crippen LogP contribution in [0.3, 0.4) is 0 Å². The van der Waals surface area contributed by atoms with Gasteiger partial charge in [-0.05, 0) is 38.1 Å². The number of carbonyl (C=O) groups excluding carboxylic acids is 3. The Balaban J connectivity index is 1.93. The number of barbiturate groups is 1. The fourth-order valence-corrected chi connectivity index (χ4v) is 2.65. The lowest BCUT2D eigenvalue weighted by Gasteiger charge is -2.26. The molecular weight excluding hydrogens is 336 g/mol. The van der Waals surface area contributed by atoms with E-state index < -0.39 is 17.8 Å². The predicted octanol–water partition coefficient (Wildman–Crippen LogP) is 2.19. The van der Waals surface area contributed by atoms with Crippen LogP contribution in [0.2, 0.25) is 0 Å². The number of rotatable bonds is 5. The highest BCUT2D eigenvalue weighted by Crippen LogP contribution is 2.24. The van der Waals surface area contributed by atoms with Crippen LogP contribution in [0.15, 0.2) is 46.6 Å². The van der Waals surface area contributed by atoms with Gasteiger partial charge in [-0.3, -0.25) is 19.9 Å². The first-order chi connectivity index (χ1) is 12.5. The number of urea groups is 1. The van der Waals surface area contributed by atoms with Crippen LogP contribution in [0.5, 0.6) is 0 Å². The summed E-state index contributed by atoms with van der Waals surface area (Å²) in [6, 6.07) is 5.67. The molecule has 0 atom stereocenters. The highest BCUT2D eigenvalue weighted by molar-refractivity contribution is 6.39. The maximum absolute atomic E-state index is 12.7. The molecule has 0 spiro atoms. The number of nitrogens with zero attached hydrogens (tertiary/aromatic N) is 3. The van der Waals surface area contributed by atoms with Gasteiger partial charge in [-0.15, -0.1) is 0 Å². The third-order valence-corrected chi connectivity index (χ3v) is 4.00.